The number of benzene rings is 1. The lowest BCUT2D eigenvalue weighted by atomic mass is 10.1. The lowest BCUT2D eigenvalue weighted by molar-refractivity contribution is 0.564. The van der Waals surface area contributed by atoms with Crippen LogP contribution in [0.2, 0.25) is 0 Å². The molecule has 0 aliphatic carbocycles. The lowest BCUT2D eigenvalue weighted by Gasteiger charge is -2.15. The van der Waals surface area contributed by atoms with Crippen LogP contribution in [0.4, 0.5) is 5.69 Å². The van der Waals surface area contributed by atoms with Crippen molar-refractivity contribution in [2.24, 2.45) is 0 Å². The molecule has 1 heterocycles. The summed E-state index contributed by atoms with van der Waals surface area (Å²) in [7, 11) is -3.64. The maximum atomic E-state index is 12.2. The number of imidazole rings is 1. The van der Waals surface area contributed by atoms with Crippen molar-refractivity contribution in [3.8, 4) is 0 Å². The topological polar surface area (TPSA) is 101 Å². The van der Waals surface area contributed by atoms with Gasteiger partial charge in [0.05, 0.1) is 6.20 Å². The maximum absolute atomic E-state index is 12.2. The summed E-state index contributed by atoms with van der Waals surface area (Å²) < 4.78 is 27.1. The second-order valence-electron chi connectivity index (χ2n) is 4.52. The van der Waals surface area contributed by atoms with E-state index in [1.807, 2.05) is 19.1 Å². The minimum atomic E-state index is -3.64. The van der Waals surface area contributed by atoms with Crippen LogP contribution in [0.3, 0.4) is 0 Å². The van der Waals surface area contributed by atoms with Crippen LogP contribution in [-0.2, 0) is 16.4 Å². The van der Waals surface area contributed by atoms with Crippen LogP contribution in [0.15, 0.2) is 35.5 Å². The van der Waals surface area contributed by atoms with Crippen LogP contribution < -0.4 is 10.5 Å². The zero-order valence-corrected chi connectivity index (χ0v) is 12.2. The minimum absolute atomic E-state index is 0.0655. The fourth-order valence-corrected chi connectivity index (χ4v) is 3.09. The van der Waals surface area contributed by atoms with Gasteiger partial charge in [0.2, 0.25) is 0 Å². The standard InChI is InChI=1S/C13H18N4O2S/c1-3-12-15-8-13(16-12)20(18,19)17-9(2)10-6-4-5-7-11(10)14/h4-9,17H,3,14H2,1-2H3,(H,15,16). The van der Waals surface area contributed by atoms with Crippen LogP contribution in [0, 0.1) is 0 Å². The van der Waals surface area contributed by atoms with E-state index in [0.717, 1.165) is 5.56 Å². The molecule has 1 atom stereocenters. The highest BCUT2D eigenvalue weighted by atomic mass is 32.2. The average Bonchev–Trinajstić information content (AvgIpc) is 2.88. The summed E-state index contributed by atoms with van der Waals surface area (Å²) in [6.45, 7) is 3.65. The van der Waals surface area contributed by atoms with Gasteiger partial charge in [-0.1, -0.05) is 25.1 Å². The molecule has 4 N–H and O–H groups in total. The molecule has 0 aliphatic rings. The third kappa shape index (κ3) is 3.00. The molecule has 108 valence electrons. The van der Waals surface area contributed by atoms with Crippen LogP contribution in [0.5, 0.6) is 0 Å². The van der Waals surface area contributed by atoms with Crippen molar-refractivity contribution in [1.82, 2.24) is 14.7 Å². The molecule has 0 bridgehead atoms. The van der Waals surface area contributed by atoms with Crippen molar-refractivity contribution in [3.05, 3.63) is 41.9 Å². The van der Waals surface area contributed by atoms with E-state index in [-0.39, 0.29) is 5.03 Å². The molecule has 0 aliphatic heterocycles. The minimum Gasteiger partial charge on any atom is -0.398 e. The predicted molar refractivity (Wildman–Crippen MR) is 77.6 cm³/mol. The third-order valence-corrected chi connectivity index (χ3v) is 4.47. The number of para-hydroxylation sites is 1. The molecule has 0 spiro atoms. The highest BCUT2D eigenvalue weighted by Crippen LogP contribution is 2.21. The Balaban J connectivity index is 2.22. The van der Waals surface area contributed by atoms with Gasteiger partial charge in [-0.2, -0.15) is 0 Å². The second-order valence-corrected chi connectivity index (χ2v) is 6.20. The SMILES string of the molecule is CCc1ncc(S(=O)(=O)NC(C)c2ccccc2N)[nH]1. The first-order valence-electron chi connectivity index (χ1n) is 6.34. The molecule has 0 saturated carbocycles. The van der Waals surface area contributed by atoms with E-state index in [4.69, 9.17) is 5.73 Å². The Morgan fingerprint density at radius 1 is 1.40 bits per heavy atom. The molecule has 6 nitrogen and oxygen atoms in total. The zero-order chi connectivity index (χ0) is 14.8. The zero-order valence-electron chi connectivity index (χ0n) is 11.4. The number of nitrogens with one attached hydrogen (secondary N) is 2. The fourth-order valence-electron chi connectivity index (χ4n) is 1.92. The Bertz CT molecular complexity index is 694. The molecule has 0 saturated heterocycles. The number of sulfonamides is 1. The van der Waals surface area contributed by atoms with Crippen LogP contribution in [0.25, 0.3) is 0 Å². The van der Waals surface area contributed by atoms with E-state index >= 15 is 0 Å². The van der Waals surface area contributed by atoms with Gasteiger partial charge in [0.1, 0.15) is 5.82 Å². The van der Waals surface area contributed by atoms with E-state index in [0.29, 0.717) is 17.9 Å². The van der Waals surface area contributed by atoms with Gasteiger partial charge in [-0.3, -0.25) is 0 Å². The van der Waals surface area contributed by atoms with E-state index in [1.165, 1.54) is 6.20 Å². The molecule has 0 fully saturated rings. The van der Waals surface area contributed by atoms with Gasteiger partial charge in [-0.25, -0.2) is 18.1 Å². The van der Waals surface area contributed by atoms with E-state index < -0.39 is 16.1 Å². The highest BCUT2D eigenvalue weighted by Gasteiger charge is 2.21. The summed E-state index contributed by atoms with van der Waals surface area (Å²) in [6.07, 6.45) is 1.97. The largest absolute Gasteiger partial charge is 0.398 e. The number of aryl methyl sites for hydroxylation is 1. The molecule has 0 radical (unpaired) electrons. The molecule has 1 aromatic heterocycles. The number of rotatable bonds is 5. The summed E-state index contributed by atoms with van der Waals surface area (Å²) in [5.41, 5.74) is 7.15. The normalized spacial score (nSPS) is 13.3. The van der Waals surface area contributed by atoms with Gasteiger partial charge >= 0.3 is 0 Å². The van der Waals surface area contributed by atoms with E-state index in [2.05, 4.69) is 14.7 Å². The average molecular weight is 294 g/mol. The molecule has 0 amide bonds. The number of hydrogen-bond acceptors (Lipinski definition) is 4. The number of H-pyrrole nitrogens is 1. The number of anilines is 1. The Hall–Kier alpha value is -1.86. The van der Waals surface area contributed by atoms with Crippen molar-refractivity contribution in [2.45, 2.75) is 31.3 Å². The summed E-state index contributed by atoms with van der Waals surface area (Å²) in [5, 5.41) is 0.0655. The second kappa shape index (κ2) is 5.64. The van der Waals surface area contributed by atoms with Gasteiger partial charge < -0.3 is 10.7 Å². The lowest BCUT2D eigenvalue weighted by Crippen LogP contribution is -2.27. The van der Waals surface area contributed by atoms with Gasteiger partial charge in [-0.15, -0.1) is 0 Å². The van der Waals surface area contributed by atoms with Crippen molar-refractivity contribution in [3.63, 3.8) is 0 Å². The molecule has 2 rings (SSSR count). The number of hydrogen-bond donors (Lipinski definition) is 3. The van der Waals surface area contributed by atoms with Crippen molar-refractivity contribution < 1.29 is 8.42 Å². The molecule has 7 heteroatoms. The molecule has 20 heavy (non-hydrogen) atoms. The van der Waals surface area contributed by atoms with Crippen LogP contribution >= 0.6 is 0 Å². The summed E-state index contributed by atoms with van der Waals surface area (Å²) in [4.78, 5) is 6.78. The fraction of sp³-hybridized carbons (Fsp3) is 0.308. The first-order valence-corrected chi connectivity index (χ1v) is 7.83. The van der Waals surface area contributed by atoms with Gasteiger partial charge in [0, 0.05) is 18.2 Å². The van der Waals surface area contributed by atoms with Crippen molar-refractivity contribution in [2.75, 3.05) is 5.73 Å². The van der Waals surface area contributed by atoms with Crippen molar-refractivity contribution >= 4 is 15.7 Å². The number of nitrogen functional groups attached to an aromatic ring is 1. The summed E-state index contributed by atoms with van der Waals surface area (Å²) in [5.74, 6) is 0.636. The van der Waals surface area contributed by atoms with Gasteiger partial charge in [0.25, 0.3) is 10.0 Å². The molecular formula is C13H18N4O2S. The third-order valence-electron chi connectivity index (χ3n) is 3.02. The van der Waals surface area contributed by atoms with Crippen LogP contribution in [0.1, 0.15) is 31.3 Å². The summed E-state index contributed by atoms with van der Waals surface area (Å²) in [6, 6.07) is 6.75. The summed E-state index contributed by atoms with van der Waals surface area (Å²) >= 11 is 0. The first-order chi connectivity index (χ1) is 9.44. The van der Waals surface area contributed by atoms with Crippen LogP contribution in [-0.4, -0.2) is 18.4 Å². The smallest absolute Gasteiger partial charge is 0.258 e. The Morgan fingerprint density at radius 3 is 2.70 bits per heavy atom. The van der Waals surface area contributed by atoms with Gasteiger partial charge in [0.15, 0.2) is 5.03 Å². The van der Waals surface area contributed by atoms with E-state index in [1.54, 1.807) is 19.1 Å². The van der Waals surface area contributed by atoms with Crippen molar-refractivity contribution in [1.29, 1.82) is 0 Å². The Labute approximate surface area is 118 Å². The highest BCUT2D eigenvalue weighted by molar-refractivity contribution is 7.89. The molecule has 2 aromatic rings. The Morgan fingerprint density at radius 2 is 2.10 bits per heavy atom. The van der Waals surface area contributed by atoms with E-state index in [9.17, 15) is 8.42 Å². The monoisotopic (exact) mass is 294 g/mol. The Kier molecular flexibility index (Phi) is 4.10. The quantitative estimate of drug-likeness (QED) is 0.729. The molecular weight excluding hydrogens is 276 g/mol. The molecule has 1 aromatic carbocycles. The number of aromatic amines is 1. The number of nitrogens with two attached hydrogens (primary N) is 1. The number of nitrogens with zero attached hydrogens (tertiary/aromatic N) is 1. The van der Waals surface area contributed by atoms with Gasteiger partial charge in [-0.05, 0) is 18.6 Å². The predicted octanol–water partition coefficient (Wildman–Crippen LogP) is 1.59. The first kappa shape index (κ1) is 14.5. The number of aromatic nitrogens is 2. The molecule has 1 unspecified atom stereocenters. The maximum Gasteiger partial charge on any atom is 0.258 e.